The van der Waals surface area contributed by atoms with Gasteiger partial charge in [-0.25, -0.2) is 0 Å². The van der Waals surface area contributed by atoms with Crippen molar-refractivity contribution >= 4 is 23.2 Å². The van der Waals surface area contributed by atoms with E-state index in [0.29, 0.717) is 33.0 Å². The van der Waals surface area contributed by atoms with Crippen molar-refractivity contribution < 1.29 is 14.2 Å². The molecule has 0 aromatic heterocycles. The van der Waals surface area contributed by atoms with E-state index in [-0.39, 0.29) is 0 Å². The Balaban J connectivity index is 2.45. The van der Waals surface area contributed by atoms with Crippen LogP contribution in [-0.2, 0) is 0 Å². The quantitative estimate of drug-likeness (QED) is 0.811. The van der Waals surface area contributed by atoms with E-state index in [2.05, 4.69) is 0 Å². The Morgan fingerprint density at radius 1 is 0.789 bits per heavy atom. The average Bonchev–Trinajstić information content (AvgIpc) is 2.44. The molecule has 0 atom stereocenters. The molecule has 0 aliphatic rings. The molecule has 2 aromatic carbocycles. The Morgan fingerprint density at radius 3 is 1.89 bits per heavy atom. The molecule has 2 rings (SSSR count). The molecule has 0 N–H and O–H groups in total. The fourth-order valence-electron chi connectivity index (χ4n) is 1.59. The topological polar surface area (TPSA) is 27.7 Å². The van der Waals surface area contributed by atoms with E-state index in [0.717, 1.165) is 0 Å². The minimum absolute atomic E-state index is 0.345. The van der Waals surface area contributed by atoms with Gasteiger partial charge in [-0.2, -0.15) is 0 Å². The van der Waals surface area contributed by atoms with Crippen molar-refractivity contribution in [3.05, 3.63) is 46.4 Å². The monoisotopic (exact) mass is 298 g/mol. The van der Waals surface area contributed by atoms with Crippen LogP contribution in [0.5, 0.6) is 23.0 Å². The zero-order valence-corrected chi connectivity index (χ0v) is 12.0. The first-order valence-electron chi connectivity index (χ1n) is 5.50. The summed E-state index contributed by atoms with van der Waals surface area (Å²) in [7, 11) is 3.11. The fourth-order valence-corrected chi connectivity index (χ4v) is 1.92. The number of halogens is 2. The minimum atomic E-state index is 0.345. The highest BCUT2D eigenvalue weighted by Gasteiger charge is 2.14. The minimum Gasteiger partial charge on any atom is -0.493 e. The Bertz CT molecular complexity index is 563. The summed E-state index contributed by atoms with van der Waals surface area (Å²) < 4.78 is 16.3. The number of methoxy groups -OCH3 is 2. The third-order valence-corrected chi connectivity index (χ3v) is 3.31. The molecule has 0 unspecified atom stereocenters. The molecule has 0 bridgehead atoms. The standard InChI is InChI=1S/C14H12Cl2O3/c1-17-11-7-4-8-12(18-2)14(11)19-10-6-3-5-9(15)13(10)16/h3-8H,1-2H3. The van der Waals surface area contributed by atoms with Gasteiger partial charge in [-0.15, -0.1) is 0 Å². The number of para-hydroxylation sites is 1. The maximum absolute atomic E-state index is 6.10. The first-order chi connectivity index (χ1) is 9.17. The summed E-state index contributed by atoms with van der Waals surface area (Å²) in [5, 5.41) is 0.769. The number of rotatable bonds is 4. The van der Waals surface area contributed by atoms with Crippen LogP contribution in [0.2, 0.25) is 10.0 Å². The lowest BCUT2D eigenvalue weighted by atomic mass is 10.3. The SMILES string of the molecule is COc1cccc(OC)c1Oc1cccc(Cl)c1Cl. The first-order valence-corrected chi connectivity index (χ1v) is 6.25. The molecule has 0 fully saturated rings. The Kier molecular flexibility index (Phi) is 4.40. The molecule has 100 valence electrons. The van der Waals surface area contributed by atoms with E-state index in [1.807, 2.05) is 6.07 Å². The lowest BCUT2D eigenvalue weighted by Crippen LogP contribution is -1.94. The van der Waals surface area contributed by atoms with Crippen LogP contribution in [0.4, 0.5) is 0 Å². The van der Waals surface area contributed by atoms with Gasteiger partial charge in [0.05, 0.1) is 19.2 Å². The van der Waals surface area contributed by atoms with Crippen LogP contribution < -0.4 is 14.2 Å². The van der Waals surface area contributed by atoms with Gasteiger partial charge in [-0.05, 0) is 24.3 Å². The summed E-state index contributed by atoms with van der Waals surface area (Å²) in [6.45, 7) is 0. The summed E-state index contributed by atoms with van der Waals surface area (Å²) in [5.74, 6) is 2.00. The van der Waals surface area contributed by atoms with Gasteiger partial charge in [0.15, 0.2) is 11.5 Å². The molecule has 19 heavy (non-hydrogen) atoms. The molecule has 0 aliphatic carbocycles. The molecule has 0 heterocycles. The van der Waals surface area contributed by atoms with E-state index in [4.69, 9.17) is 37.4 Å². The lowest BCUT2D eigenvalue weighted by Gasteiger charge is -2.14. The van der Waals surface area contributed by atoms with Crippen molar-refractivity contribution in [2.24, 2.45) is 0 Å². The van der Waals surface area contributed by atoms with E-state index < -0.39 is 0 Å². The predicted molar refractivity (Wildman–Crippen MR) is 76.1 cm³/mol. The predicted octanol–water partition coefficient (Wildman–Crippen LogP) is 4.80. The van der Waals surface area contributed by atoms with Crippen molar-refractivity contribution in [3.63, 3.8) is 0 Å². The van der Waals surface area contributed by atoms with Crippen LogP contribution in [0.1, 0.15) is 0 Å². The van der Waals surface area contributed by atoms with Gasteiger partial charge in [0, 0.05) is 0 Å². The van der Waals surface area contributed by atoms with E-state index in [9.17, 15) is 0 Å². The largest absolute Gasteiger partial charge is 0.493 e. The lowest BCUT2D eigenvalue weighted by molar-refractivity contribution is 0.346. The smallest absolute Gasteiger partial charge is 0.211 e. The van der Waals surface area contributed by atoms with Crippen LogP contribution in [0.15, 0.2) is 36.4 Å². The fraction of sp³-hybridized carbons (Fsp3) is 0.143. The van der Waals surface area contributed by atoms with Crippen LogP contribution >= 0.6 is 23.2 Å². The molecule has 0 amide bonds. The first kappa shape index (κ1) is 13.8. The summed E-state index contributed by atoms with van der Waals surface area (Å²) in [6.07, 6.45) is 0. The number of ether oxygens (including phenoxy) is 3. The van der Waals surface area contributed by atoms with E-state index in [1.165, 1.54) is 0 Å². The van der Waals surface area contributed by atoms with Gasteiger partial charge in [0.1, 0.15) is 10.8 Å². The second kappa shape index (κ2) is 6.04. The molecule has 0 saturated heterocycles. The van der Waals surface area contributed by atoms with Gasteiger partial charge in [0.2, 0.25) is 5.75 Å². The Labute approximate surface area is 121 Å². The van der Waals surface area contributed by atoms with Gasteiger partial charge in [-0.3, -0.25) is 0 Å². The molecular formula is C14H12Cl2O3. The van der Waals surface area contributed by atoms with Crippen LogP contribution in [0, 0.1) is 0 Å². The van der Waals surface area contributed by atoms with Gasteiger partial charge >= 0.3 is 0 Å². The highest BCUT2D eigenvalue weighted by Crippen LogP contribution is 2.42. The maximum atomic E-state index is 6.10. The third-order valence-electron chi connectivity index (χ3n) is 2.51. The Morgan fingerprint density at radius 2 is 1.32 bits per heavy atom. The van der Waals surface area contributed by atoms with Crippen molar-refractivity contribution in [2.45, 2.75) is 0 Å². The maximum Gasteiger partial charge on any atom is 0.211 e. The van der Waals surface area contributed by atoms with Gasteiger partial charge < -0.3 is 14.2 Å². The highest BCUT2D eigenvalue weighted by atomic mass is 35.5. The van der Waals surface area contributed by atoms with E-state index in [1.54, 1.807) is 44.6 Å². The molecule has 0 saturated carbocycles. The third kappa shape index (κ3) is 2.88. The van der Waals surface area contributed by atoms with E-state index >= 15 is 0 Å². The number of hydrogen-bond acceptors (Lipinski definition) is 3. The molecular weight excluding hydrogens is 287 g/mol. The van der Waals surface area contributed by atoms with Gasteiger partial charge in [0.25, 0.3) is 0 Å². The highest BCUT2D eigenvalue weighted by molar-refractivity contribution is 6.42. The molecule has 5 heteroatoms. The molecule has 0 aliphatic heterocycles. The van der Waals surface area contributed by atoms with Crippen molar-refractivity contribution in [1.29, 1.82) is 0 Å². The van der Waals surface area contributed by atoms with Crippen LogP contribution in [-0.4, -0.2) is 14.2 Å². The van der Waals surface area contributed by atoms with Crippen molar-refractivity contribution in [1.82, 2.24) is 0 Å². The summed E-state index contributed by atoms with van der Waals surface area (Å²) in [4.78, 5) is 0. The summed E-state index contributed by atoms with van der Waals surface area (Å²) >= 11 is 12.0. The normalized spacial score (nSPS) is 10.1. The zero-order chi connectivity index (χ0) is 13.8. The second-order valence-corrected chi connectivity index (χ2v) is 4.43. The Hall–Kier alpha value is -1.58. The molecule has 0 radical (unpaired) electrons. The van der Waals surface area contributed by atoms with Gasteiger partial charge in [-0.1, -0.05) is 35.3 Å². The van der Waals surface area contributed by atoms with Crippen LogP contribution in [0.25, 0.3) is 0 Å². The van der Waals surface area contributed by atoms with Crippen LogP contribution in [0.3, 0.4) is 0 Å². The van der Waals surface area contributed by atoms with Crippen molar-refractivity contribution in [2.75, 3.05) is 14.2 Å². The molecule has 2 aromatic rings. The summed E-state index contributed by atoms with van der Waals surface area (Å²) in [5.41, 5.74) is 0. The summed E-state index contributed by atoms with van der Waals surface area (Å²) in [6, 6.07) is 10.5. The molecule has 0 spiro atoms. The molecule has 3 nitrogen and oxygen atoms in total. The zero-order valence-electron chi connectivity index (χ0n) is 10.4. The van der Waals surface area contributed by atoms with Crippen molar-refractivity contribution in [3.8, 4) is 23.0 Å². The second-order valence-electron chi connectivity index (χ2n) is 3.65. The number of hydrogen-bond donors (Lipinski definition) is 0. The average molecular weight is 299 g/mol. The number of benzene rings is 2.